The summed E-state index contributed by atoms with van der Waals surface area (Å²) in [6, 6.07) is 6.07. The number of aryl methyl sites for hydroxylation is 2. The topological polar surface area (TPSA) is 81.8 Å². The lowest BCUT2D eigenvalue weighted by Crippen LogP contribution is -2.35. The maximum atomic E-state index is 12.1. The number of nitrogens with zero attached hydrogens (tertiary/aromatic N) is 4. The second-order valence-corrected chi connectivity index (χ2v) is 7.06. The molecule has 0 aromatic carbocycles. The highest BCUT2D eigenvalue weighted by Crippen LogP contribution is 2.23. The van der Waals surface area contributed by atoms with Crippen molar-refractivity contribution in [3.8, 4) is 10.6 Å². The van der Waals surface area contributed by atoms with Gasteiger partial charge in [0.2, 0.25) is 5.91 Å². The Hall–Kier alpha value is -2.74. The van der Waals surface area contributed by atoms with E-state index in [0.717, 1.165) is 16.3 Å². The van der Waals surface area contributed by atoms with Gasteiger partial charge < -0.3 is 5.32 Å². The Morgan fingerprint density at radius 2 is 2.12 bits per heavy atom. The van der Waals surface area contributed by atoms with Crippen LogP contribution in [0.3, 0.4) is 0 Å². The lowest BCUT2D eigenvalue weighted by Gasteiger charge is -2.09. The van der Waals surface area contributed by atoms with Crippen molar-refractivity contribution in [2.45, 2.75) is 33.9 Å². The number of carbonyl (C=O) groups is 1. The van der Waals surface area contributed by atoms with Gasteiger partial charge in [-0.1, -0.05) is 6.07 Å². The molecule has 8 heteroatoms. The SMILES string of the molecule is Cc1ncn(CC(=O)NCCn2nc(-c3cccs3)cc2C)c(=O)c1C. The summed E-state index contributed by atoms with van der Waals surface area (Å²) < 4.78 is 3.20. The first-order chi connectivity index (χ1) is 12.5. The van der Waals surface area contributed by atoms with Gasteiger partial charge in [-0.05, 0) is 38.3 Å². The van der Waals surface area contributed by atoms with Crippen LogP contribution in [0.5, 0.6) is 0 Å². The van der Waals surface area contributed by atoms with Gasteiger partial charge in [-0.2, -0.15) is 5.10 Å². The Morgan fingerprint density at radius 3 is 2.85 bits per heavy atom. The molecule has 1 amide bonds. The maximum absolute atomic E-state index is 12.1. The first kappa shape index (κ1) is 18.1. The van der Waals surface area contributed by atoms with E-state index < -0.39 is 0 Å². The molecule has 3 aromatic heterocycles. The summed E-state index contributed by atoms with van der Waals surface area (Å²) in [5, 5.41) is 9.43. The van der Waals surface area contributed by atoms with E-state index in [1.165, 1.54) is 10.9 Å². The molecule has 0 aliphatic heterocycles. The van der Waals surface area contributed by atoms with Gasteiger partial charge >= 0.3 is 0 Å². The van der Waals surface area contributed by atoms with E-state index in [1.807, 2.05) is 35.2 Å². The van der Waals surface area contributed by atoms with Crippen LogP contribution in [0, 0.1) is 20.8 Å². The zero-order chi connectivity index (χ0) is 18.7. The predicted octanol–water partition coefficient (Wildman–Crippen LogP) is 1.91. The van der Waals surface area contributed by atoms with Crippen LogP contribution in [0.25, 0.3) is 10.6 Å². The van der Waals surface area contributed by atoms with Gasteiger partial charge in [-0.25, -0.2) is 4.98 Å². The van der Waals surface area contributed by atoms with Gasteiger partial charge in [0.1, 0.15) is 12.2 Å². The van der Waals surface area contributed by atoms with Crippen molar-refractivity contribution in [2.24, 2.45) is 0 Å². The van der Waals surface area contributed by atoms with Crippen LogP contribution in [0.2, 0.25) is 0 Å². The van der Waals surface area contributed by atoms with Gasteiger partial charge in [0, 0.05) is 23.5 Å². The molecule has 3 heterocycles. The number of amides is 1. The quantitative estimate of drug-likeness (QED) is 0.718. The van der Waals surface area contributed by atoms with E-state index in [4.69, 9.17) is 0 Å². The van der Waals surface area contributed by atoms with Crippen molar-refractivity contribution >= 4 is 17.2 Å². The zero-order valence-corrected chi connectivity index (χ0v) is 15.8. The fourth-order valence-corrected chi connectivity index (χ4v) is 3.26. The van der Waals surface area contributed by atoms with Gasteiger partial charge in [-0.3, -0.25) is 18.8 Å². The third kappa shape index (κ3) is 3.91. The Balaban J connectivity index is 1.56. The first-order valence-electron chi connectivity index (χ1n) is 8.33. The van der Waals surface area contributed by atoms with Crippen molar-refractivity contribution in [1.82, 2.24) is 24.6 Å². The molecule has 0 fully saturated rings. The van der Waals surface area contributed by atoms with Crippen molar-refractivity contribution in [3.63, 3.8) is 0 Å². The molecule has 0 unspecified atom stereocenters. The second-order valence-electron chi connectivity index (χ2n) is 6.11. The van der Waals surface area contributed by atoms with Gasteiger partial charge in [0.25, 0.3) is 5.56 Å². The number of hydrogen-bond acceptors (Lipinski definition) is 5. The molecule has 0 atom stereocenters. The zero-order valence-electron chi connectivity index (χ0n) is 15.0. The van der Waals surface area contributed by atoms with Gasteiger partial charge in [0.15, 0.2) is 0 Å². The summed E-state index contributed by atoms with van der Waals surface area (Å²) in [5.41, 5.74) is 3.04. The molecule has 3 rings (SSSR count). The molecular weight excluding hydrogens is 350 g/mol. The minimum absolute atomic E-state index is 0.0362. The molecule has 1 N–H and O–H groups in total. The minimum atomic E-state index is -0.222. The highest BCUT2D eigenvalue weighted by Gasteiger charge is 2.10. The number of rotatable bonds is 6. The molecule has 0 bridgehead atoms. The second kappa shape index (κ2) is 7.65. The molecule has 7 nitrogen and oxygen atoms in total. The molecule has 3 aromatic rings. The summed E-state index contributed by atoms with van der Waals surface area (Å²) in [4.78, 5) is 29.5. The van der Waals surface area contributed by atoms with Gasteiger partial charge in [0.05, 0.1) is 17.7 Å². The highest BCUT2D eigenvalue weighted by molar-refractivity contribution is 7.13. The molecule has 0 aliphatic carbocycles. The molecule has 26 heavy (non-hydrogen) atoms. The third-order valence-corrected chi connectivity index (χ3v) is 5.12. The lowest BCUT2D eigenvalue weighted by molar-refractivity contribution is -0.121. The molecule has 0 spiro atoms. The number of nitrogens with one attached hydrogen (secondary N) is 1. The number of hydrogen-bond donors (Lipinski definition) is 1. The monoisotopic (exact) mass is 371 g/mol. The van der Waals surface area contributed by atoms with Crippen LogP contribution >= 0.6 is 11.3 Å². The minimum Gasteiger partial charge on any atom is -0.353 e. The van der Waals surface area contributed by atoms with Crippen LogP contribution in [0.4, 0.5) is 0 Å². The highest BCUT2D eigenvalue weighted by atomic mass is 32.1. The molecular formula is C18H21N5O2S. The molecule has 136 valence electrons. The van der Waals surface area contributed by atoms with E-state index in [2.05, 4.69) is 15.4 Å². The number of carbonyl (C=O) groups excluding carboxylic acids is 1. The Labute approximate surface area is 155 Å². The fraction of sp³-hybridized carbons (Fsp3) is 0.333. The lowest BCUT2D eigenvalue weighted by atomic mass is 10.3. The summed E-state index contributed by atoms with van der Waals surface area (Å²) in [5.74, 6) is -0.222. The van der Waals surface area contributed by atoms with Crippen molar-refractivity contribution < 1.29 is 4.79 Å². The smallest absolute Gasteiger partial charge is 0.256 e. The van der Waals surface area contributed by atoms with Crippen molar-refractivity contribution in [2.75, 3.05) is 6.54 Å². The molecule has 0 saturated carbocycles. The first-order valence-corrected chi connectivity index (χ1v) is 9.21. The summed E-state index contributed by atoms with van der Waals surface area (Å²) >= 11 is 1.65. The van der Waals surface area contributed by atoms with Crippen LogP contribution in [-0.2, 0) is 17.9 Å². The summed E-state index contributed by atoms with van der Waals surface area (Å²) in [6.45, 7) is 6.46. The van der Waals surface area contributed by atoms with E-state index >= 15 is 0 Å². The molecule has 0 saturated heterocycles. The standard InChI is InChI=1S/C18H21N5O2S/c1-12-9-15(16-5-4-8-26-16)21-23(12)7-6-19-17(24)10-22-11-20-14(3)13(2)18(22)25/h4-5,8-9,11H,6-7,10H2,1-3H3,(H,19,24). The summed E-state index contributed by atoms with van der Waals surface area (Å²) in [6.07, 6.45) is 1.41. The van der Waals surface area contributed by atoms with Crippen molar-refractivity contribution in [1.29, 1.82) is 0 Å². The predicted molar refractivity (Wildman–Crippen MR) is 101 cm³/mol. The Kier molecular flexibility index (Phi) is 5.32. The van der Waals surface area contributed by atoms with Crippen LogP contribution in [0.15, 0.2) is 34.7 Å². The van der Waals surface area contributed by atoms with E-state index in [9.17, 15) is 9.59 Å². The number of aromatic nitrogens is 4. The third-order valence-electron chi connectivity index (χ3n) is 4.23. The maximum Gasteiger partial charge on any atom is 0.256 e. The average molecular weight is 371 g/mol. The van der Waals surface area contributed by atoms with E-state index in [1.54, 1.807) is 25.2 Å². The van der Waals surface area contributed by atoms with E-state index in [-0.39, 0.29) is 18.0 Å². The molecule has 0 aliphatic rings. The molecule has 0 radical (unpaired) electrons. The van der Waals surface area contributed by atoms with Crippen LogP contribution < -0.4 is 10.9 Å². The fourth-order valence-electron chi connectivity index (χ4n) is 2.58. The van der Waals surface area contributed by atoms with Crippen LogP contribution in [0.1, 0.15) is 17.0 Å². The largest absolute Gasteiger partial charge is 0.353 e. The summed E-state index contributed by atoms with van der Waals surface area (Å²) in [7, 11) is 0. The number of thiophene rings is 1. The van der Waals surface area contributed by atoms with Crippen molar-refractivity contribution in [3.05, 3.63) is 57.2 Å². The van der Waals surface area contributed by atoms with Gasteiger partial charge in [-0.15, -0.1) is 11.3 Å². The Bertz CT molecular complexity index is 972. The Morgan fingerprint density at radius 1 is 1.31 bits per heavy atom. The van der Waals surface area contributed by atoms with Crippen LogP contribution in [-0.4, -0.2) is 31.8 Å². The van der Waals surface area contributed by atoms with E-state index in [0.29, 0.717) is 24.3 Å². The average Bonchev–Trinajstić information content (AvgIpc) is 3.26. The normalized spacial score (nSPS) is 10.9.